The minimum absolute atomic E-state index is 0.0260. The van der Waals surface area contributed by atoms with Crippen LogP contribution in [0.2, 0.25) is 0 Å². The average Bonchev–Trinajstić information content (AvgIpc) is 3.31. The van der Waals surface area contributed by atoms with Crippen molar-refractivity contribution in [3.05, 3.63) is 131 Å². The third-order valence-corrected chi connectivity index (χ3v) is 6.61. The number of carbonyl (C=O) groups is 3. The zero-order valence-electron chi connectivity index (χ0n) is 21.2. The number of rotatable bonds is 8. The third kappa shape index (κ3) is 5.52. The van der Waals surface area contributed by atoms with Crippen LogP contribution in [0.5, 0.6) is 0 Å². The van der Waals surface area contributed by atoms with E-state index in [-0.39, 0.29) is 12.5 Å². The third-order valence-electron chi connectivity index (χ3n) is 6.61. The van der Waals surface area contributed by atoms with Crippen molar-refractivity contribution in [3.8, 4) is 11.1 Å². The van der Waals surface area contributed by atoms with Crippen LogP contribution in [0.1, 0.15) is 40.4 Å². The van der Waals surface area contributed by atoms with Crippen LogP contribution in [0.4, 0.5) is 4.79 Å². The molecule has 1 aliphatic carbocycles. The van der Waals surface area contributed by atoms with Crippen molar-refractivity contribution in [2.75, 3.05) is 13.7 Å². The molecular formula is C32H26O7. The van der Waals surface area contributed by atoms with Gasteiger partial charge in [0.05, 0.1) is 7.11 Å². The van der Waals surface area contributed by atoms with E-state index in [2.05, 4.69) is 0 Å². The van der Waals surface area contributed by atoms with Crippen molar-refractivity contribution in [2.45, 2.75) is 18.1 Å². The van der Waals surface area contributed by atoms with Crippen LogP contribution in [0.25, 0.3) is 11.1 Å². The molecule has 39 heavy (non-hydrogen) atoms. The summed E-state index contributed by atoms with van der Waals surface area (Å²) in [7, 11) is 1.20. The lowest BCUT2D eigenvalue weighted by molar-refractivity contribution is -0.173. The molecule has 0 fully saturated rings. The van der Waals surface area contributed by atoms with E-state index in [1.54, 1.807) is 60.7 Å². The number of esters is 2. The number of hydrogen-bond acceptors (Lipinski definition) is 7. The van der Waals surface area contributed by atoms with Crippen molar-refractivity contribution in [3.63, 3.8) is 0 Å². The predicted octanol–water partition coefficient (Wildman–Crippen LogP) is 6.15. The van der Waals surface area contributed by atoms with E-state index in [1.165, 1.54) is 7.11 Å². The van der Waals surface area contributed by atoms with Gasteiger partial charge in [0.1, 0.15) is 6.61 Å². The highest BCUT2D eigenvalue weighted by atomic mass is 16.7. The second-order valence-corrected chi connectivity index (χ2v) is 8.95. The molecule has 196 valence electrons. The van der Waals surface area contributed by atoms with Gasteiger partial charge < -0.3 is 18.9 Å². The first-order valence-electron chi connectivity index (χ1n) is 12.5. The van der Waals surface area contributed by atoms with Gasteiger partial charge in [0.15, 0.2) is 0 Å². The minimum Gasteiger partial charge on any atom is -0.466 e. The lowest BCUT2D eigenvalue weighted by Crippen LogP contribution is -2.28. The molecule has 0 aliphatic heterocycles. The molecule has 4 aromatic rings. The van der Waals surface area contributed by atoms with Crippen LogP contribution in [-0.2, 0) is 28.5 Å². The van der Waals surface area contributed by atoms with E-state index in [4.69, 9.17) is 18.9 Å². The Balaban J connectivity index is 1.33. The van der Waals surface area contributed by atoms with Gasteiger partial charge in [0, 0.05) is 17.0 Å². The van der Waals surface area contributed by atoms with Crippen LogP contribution >= 0.6 is 0 Å². The number of carbonyl (C=O) groups excluding carboxylic acids is 3. The fourth-order valence-electron chi connectivity index (χ4n) is 4.77. The van der Waals surface area contributed by atoms with Crippen LogP contribution in [0.15, 0.2) is 109 Å². The fourth-order valence-corrected chi connectivity index (χ4v) is 4.77. The molecule has 0 unspecified atom stereocenters. The van der Waals surface area contributed by atoms with Crippen LogP contribution in [-0.4, -0.2) is 31.8 Å². The lowest BCUT2D eigenvalue weighted by Gasteiger charge is -2.21. The monoisotopic (exact) mass is 522 g/mol. The largest absolute Gasteiger partial charge is 0.509 e. The molecule has 0 aromatic heterocycles. The Labute approximate surface area is 225 Å². The molecule has 1 aliphatic rings. The van der Waals surface area contributed by atoms with Crippen LogP contribution < -0.4 is 0 Å². The quantitative estimate of drug-likeness (QED) is 0.203. The highest BCUT2D eigenvalue weighted by molar-refractivity contribution is 5.84. The van der Waals surface area contributed by atoms with Gasteiger partial charge in [0.25, 0.3) is 0 Å². The Bertz CT molecular complexity index is 1420. The molecule has 5 rings (SSSR count). The van der Waals surface area contributed by atoms with E-state index >= 15 is 0 Å². The van der Waals surface area contributed by atoms with Crippen molar-refractivity contribution < 1.29 is 33.3 Å². The molecular weight excluding hydrogens is 496 g/mol. The van der Waals surface area contributed by atoms with Crippen molar-refractivity contribution in [2.24, 2.45) is 0 Å². The summed E-state index contributed by atoms with van der Waals surface area (Å²) in [5.41, 5.74) is 5.08. The van der Waals surface area contributed by atoms with E-state index in [9.17, 15) is 14.4 Å². The van der Waals surface area contributed by atoms with Gasteiger partial charge in [0.2, 0.25) is 12.2 Å². The Morgan fingerprint density at radius 2 is 1.08 bits per heavy atom. The highest BCUT2D eigenvalue weighted by Crippen LogP contribution is 2.44. The summed E-state index contributed by atoms with van der Waals surface area (Å²) < 4.78 is 21.4. The number of benzene rings is 4. The molecule has 7 nitrogen and oxygen atoms in total. The minimum atomic E-state index is -1.46. The van der Waals surface area contributed by atoms with Gasteiger partial charge in [-0.1, -0.05) is 109 Å². The van der Waals surface area contributed by atoms with E-state index in [0.29, 0.717) is 11.1 Å². The Morgan fingerprint density at radius 1 is 0.615 bits per heavy atom. The first-order chi connectivity index (χ1) is 19.1. The maximum absolute atomic E-state index is 13.3. The molecule has 2 atom stereocenters. The van der Waals surface area contributed by atoms with Crippen molar-refractivity contribution in [1.29, 1.82) is 0 Å². The lowest BCUT2D eigenvalue weighted by atomic mass is 9.98. The first kappa shape index (κ1) is 25.7. The molecule has 0 heterocycles. The van der Waals surface area contributed by atoms with Gasteiger partial charge in [-0.25, -0.2) is 14.4 Å². The number of hydrogen-bond donors (Lipinski definition) is 0. The maximum Gasteiger partial charge on any atom is 0.509 e. The second-order valence-electron chi connectivity index (χ2n) is 8.95. The van der Waals surface area contributed by atoms with E-state index in [0.717, 1.165) is 22.3 Å². The molecule has 0 N–H and O–H groups in total. The standard InChI is InChI=1S/C32H26O7/c1-36-30(33)28(21-12-4-2-5-13-21)38-31(34)29(22-14-6-3-7-15-22)39-32(35)37-20-27-25-18-10-8-16-23(25)24-17-9-11-19-26(24)27/h2-19,27-29H,20H2,1H3/t28-,29-/m0/s1. The highest BCUT2D eigenvalue weighted by Gasteiger charge is 2.34. The van der Waals surface area contributed by atoms with Crippen molar-refractivity contribution >= 4 is 18.1 Å². The SMILES string of the molecule is COC(=O)[C@@H](OC(=O)[C@@H](OC(=O)OCC1c2ccccc2-c2ccccc21)c1ccccc1)c1ccccc1. The average molecular weight is 523 g/mol. The smallest absolute Gasteiger partial charge is 0.466 e. The summed E-state index contributed by atoms with van der Waals surface area (Å²) in [4.78, 5) is 38.7. The zero-order valence-corrected chi connectivity index (χ0v) is 21.2. The molecule has 0 bridgehead atoms. The van der Waals surface area contributed by atoms with Gasteiger partial charge in [-0.3, -0.25) is 0 Å². The van der Waals surface area contributed by atoms with Gasteiger partial charge in [-0.15, -0.1) is 0 Å². The van der Waals surface area contributed by atoms with E-state index < -0.39 is 30.3 Å². The molecule has 0 amide bonds. The second kappa shape index (κ2) is 11.6. The molecule has 0 spiro atoms. The number of fused-ring (bicyclic) bond motifs is 3. The van der Waals surface area contributed by atoms with Crippen LogP contribution in [0.3, 0.4) is 0 Å². The Morgan fingerprint density at radius 3 is 1.59 bits per heavy atom. The summed E-state index contributed by atoms with van der Waals surface area (Å²) in [5, 5.41) is 0. The maximum atomic E-state index is 13.3. The van der Waals surface area contributed by atoms with Gasteiger partial charge in [-0.2, -0.15) is 0 Å². The van der Waals surface area contributed by atoms with Crippen molar-refractivity contribution in [1.82, 2.24) is 0 Å². The zero-order chi connectivity index (χ0) is 27.2. The predicted molar refractivity (Wildman–Crippen MR) is 143 cm³/mol. The van der Waals surface area contributed by atoms with Gasteiger partial charge in [-0.05, 0) is 22.3 Å². The number of methoxy groups -OCH3 is 1. The summed E-state index contributed by atoms with van der Waals surface area (Å²) in [6, 6.07) is 32.8. The van der Waals surface area contributed by atoms with Gasteiger partial charge >= 0.3 is 18.1 Å². The summed E-state index contributed by atoms with van der Waals surface area (Å²) >= 11 is 0. The summed E-state index contributed by atoms with van der Waals surface area (Å²) in [6.07, 6.45) is -3.82. The molecule has 7 heteroatoms. The first-order valence-corrected chi connectivity index (χ1v) is 12.5. The van der Waals surface area contributed by atoms with E-state index in [1.807, 2.05) is 48.5 Å². The fraction of sp³-hybridized carbons (Fsp3) is 0.156. The number of ether oxygens (including phenoxy) is 4. The summed E-state index contributed by atoms with van der Waals surface area (Å²) in [6.45, 7) is 0.0260. The molecule has 4 aromatic carbocycles. The Kier molecular flexibility index (Phi) is 7.68. The van der Waals surface area contributed by atoms with Crippen LogP contribution in [0, 0.1) is 0 Å². The molecule has 0 radical (unpaired) electrons. The topological polar surface area (TPSA) is 88.1 Å². The molecule has 0 saturated heterocycles. The Hall–Kier alpha value is -4.91. The normalized spacial score (nSPS) is 13.4. The molecule has 0 saturated carbocycles. The summed E-state index contributed by atoms with van der Waals surface area (Å²) in [5.74, 6) is -1.87.